The van der Waals surface area contributed by atoms with Gasteiger partial charge in [0, 0.05) is 31.2 Å². The fourth-order valence-corrected chi connectivity index (χ4v) is 4.93. The Labute approximate surface area is 169 Å². The summed E-state index contributed by atoms with van der Waals surface area (Å²) < 4.78 is 3.19. The minimum Gasteiger partial charge on any atom is -0.354 e. The summed E-state index contributed by atoms with van der Waals surface area (Å²) in [5.74, 6) is 0.259. The second-order valence-corrected chi connectivity index (χ2v) is 8.68. The van der Waals surface area contributed by atoms with E-state index in [1.807, 2.05) is 18.5 Å². The molecule has 3 aromatic rings. The topological polar surface area (TPSA) is 63.1 Å². The molecular formula is C21H27N5OS. The highest BCUT2D eigenvalue weighted by Crippen LogP contribution is 2.32. The smallest absolute Gasteiger partial charge is 0.223 e. The van der Waals surface area contributed by atoms with Crippen LogP contribution in [0.25, 0.3) is 10.2 Å². The summed E-state index contributed by atoms with van der Waals surface area (Å²) in [7, 11) is 0. The number of carbonyl (C=O) groups excluding carboxylic acids is 1. The summed E-state index contributed by atoms with van der Waals surface area (Å²) >= 11 is 1.75. The molecule has 0 bridgehead atoms. The van der Waals surface area contributed by atoms with Gasteiger partial charge in [-0.2, -0.15) is 5.10 Å². The lowest BCUT2D eigenvalue weighted by atomic mass is 9.96. The van der Waals surface area contributed by atoms with E-state index in [0.29, 0.717) is 6.54 Å². The predicted molar refractivity (Wildman–Crippen MR) is 114 cm³/mol. The van der Waals surface area contributed by atoms with Crippen molar-refractivity contribution in [3.8, 4) is 0 Å². The van der Waals surface area contributed by atoms with Crippen molar-refractivity contribution < 1.29 is 4.79 Å². The van der Waals surface area contributed by atoms with Crippen molar-refractivity contribution in [3.63, 3.8) is 0 Å². The van der Waals surface area contributed by atoms with Gasteiger partial charge in [0.25, 0.3) is 0 Å². The van der Waals surface area contributed by atoms with Crippen LogP contribution in [0.2, 0.25) is 0 Å². The molecule has 3 heterocycles. The van der Waals surface area contributed by atoms with Gasteiger partial charge in [0.2, 0.25) is 5.91 Å². The quantitative estimate of drug-likeness (QED) is 0.716. The first-order valence-electron chi connectivity index (χ1n) is 9.90. The summed E-state index contributed by atoms with van der Waals surface area (Å²) in [5.41, 5.74) is 4.47. The van der Waals surface area contributed by atoms with E-state index in [2.05, 4.69) is 46.5 Å². The molecule has 1 N–H and O–H groups in total. The van der Waals surface area contributed by atoms with Gasteiger partial charge >= 0.3 is 0 Å². The van der Waals surface area contributed by atoms with Crippen LogP contribution >= 0.6 is 11.3 Å². The summed E-state index contributed by atoms with van der Waals surface area (Å²) in [6.07, 6.45) is 1.75. The zero-order chi connectivity index (χ0) is 19.7. The van der Waals surface area contributed by atoms with Crippen LogP contribution in [-0.4, -0.2) is 40.3 Å². The van der Waals surface area contributed by atoms with Crippen LogP contribution < -0.4 is 10.2 Å². The van der Waals surface area contributed by atoms with Crippen LogP contribution in [0.5, 0.6) is 0 Å². The average molecular weight is 398 g/mol. The summed E-state index contributed by atoms with van der Waals surface area (Å²) in [5, 5.41) is 8.60. The number of amides is 1. The van der Waals surface area contributed by atoms with E-state index in [0.717, 1.165) is 54.5 Å². The van der Waals surface area contributed by atoms with Gasteiger partial charge in [0.05, 0.1) is 22.5 Å². The molecule has 6 nitrogen and oxygen atoms in total. The van der Waals surface area contributed by atoms with Gasteiger partial charge in [0.15, 0.2) is 5.13 Å². The normalized spacial score (nSPS) is 15.3. The number of fused-ring (bicyclic) bond motifs is 1. The molecule has 1 saturated heterocycles. The number of aromatic nitrogens is 3. The molecule has 0 aliphatic carbocycles. The molecule has 1 aromatic carbocycles. The van der Waals surface area contributed by atoms with E-state index in [-0.39, 0.29) is 11.8 Å². The highest BCUT2D eigenvalue weighted by atomic mass is 32.1. The zero-order valence-corrected chi connectivity index (χ0v) is 17.6. The van der Waals surface area contributed by atoms with E-state index in [1.165, 1.54) is 10.3 Å². The van der Waals surface area contributed by atoms with Crippen molar-refractivity contribution in [2.24, 2.45) is 5.92 Å². The van der Waals surface area contributed by atoms with E-state index >= 15 is 0 Å². The molecule has 2 aromatic heterocycles. The molecule has 4 rings (SSSR count). The number of benzene rings is 1. The molecule has 1 amide bonds. The Bertz CT molecular complexity index is 984. The Hall–Kier alpha value is -2.41. The number of hydrogen-bond donors (Lipinski definition) is 1. The van der Waals surface area contributed by atoms with Crippen molar-refractivity contribution in [2.75, 3.05) is 24.5 Å². The molecule has 7 heteroatoms. The van der Waals surface area contributed by atoms with Crippen LogP contribution in [-0.2, 0) is 11.3 Å². The molecule has 0 saturated carbocycles. The highest BCUT2D eigenvalue weighted by Gasteiger charge is 2.26. The number of rotatable bonds is 5. The lowest BCUT2D eigenvalue weighted by Gasteiger charge is -2.31. The number of piperidine rings is 1. The Morgan fingerprint density at radius 3 is 2.71 bits per heavy atom. The monoisotopic (exact) mass is 397 g/mol. The molecule has 1 fully saturated rings. The van der Waals surface area contributed by atoms with Crippen LogP contribution in [0.1, 0.15) is 29.8 Å². The predicted octanol–water partition coefficient (Wildman–Crippen LogP) is 3.45. The summed E-state index contributed by atoms with van der Waals surface area (Å²) in [6.45, 7) is 9.25. The molecule has 1 aliphatic heterocycles. The number of anilines is 1. The van der Waals surface area contributed by atoms with Gasteiger partial charge in [0.1, 0.15) is 0 Å². The van der Waals surface area contributed by atoms with Gasteiger partial charge in [-0.1, -0.05) is 17.4 Å². The van der Waals surface area contributed by atoms with E-state index in [1.54, 1.807) is 11.3 Å². The van der Waals surface area contributed by atoms with Gasteiger partial charge < -0.3 is 10.2 Å². The molecule has 0 atom stereocenters. The lowest BCUT2D eigenvalue weighted by molar-refractivity contribution is -0.125. The third-order valence-electron chi connectivity index (χ3n) is 5.40. The number of hydrogen-bond acceptors (Lipinski definition) is 5. The van der Waals surface area contributed by atoms with Crippen LogP contribution in [0.4, 0.5) is 5.13 Å². The average Bonchev–Trinajstić information content (AvgIpc) is 3.24. The number of nitrogens with one attached hydrogen (secondary N) is 1. The summed E-state index contributed by atoms with van der Waals surface area (Å²) in [6, 6.07) is 8.45. The number of nitrogens with zero attached hydrogens (tertiary/aromatic N) is 4. The standard InChI is InChI=1S/C21H27N5OS/c1-14-4-5-18-19(12-14)28-21(23-18)25-9-6-17(7-10-25)20(27)22-8-11-26-16(3)13-15(2)24-26/h4-5,12-13,17H,6-11H2,1-3H3,(H,22,27). The maximum Gasteiger partial charge on any atom is 0.223 e. The number of carbonyl (C=O) groups is 1. The van der Waals surface area contributed by atoms with Crippen molar-refractivity contribution in [3.05, 3.63) is 41.2 Å². The third-order valence-corrected chi connectivity index (χ3v) is 6.47. The molecule has 0 unspecified atom stereocenters. The van der Waals surface area contributed by atoms with E-state index in [4.69, 9.17) is 4.98 Å². The first-order valence-corrected chi connectivity index (χ1v) is 10.7. The van der Waals surface area contributed by atoms with Crippen molar-refractivity contribution >= 4 is 32.6 Å². The minimum absolute atomic E-state index is 0.0910. The van der Waals surface area contributed by atoms with Crippen LogP contribution in [0.15, 0.2) is 24.3 Å². The van der Waals surface area contributed by atoms with Crippen molar-refractivity contribution in [2.45, 2.75) is 40.2 Å². The lowest BCUT2D eigenvalue weighted by Crippen LogP contribution is -2.41. The molecule has 148 valence electrons. The Morgan fingerprint density at radius 2 is 2.00 bits per heavy atom. The van der Waals surface area contributed by atoms with Gasteiger partial charge in [-0.25, -0.2) is 4.98 Å². The van der Waals surface area contributed by atoms with Gasteiger partial charge in [-0.05, 0) is 57.4 Å². The largest absolute Gasteiger partial charge is 0.354 e. The number of aryl methyl sites for hydroxylation is 3. The first-order chi connectivity index (χ1) is 13.5. The zero-order valence-electron chi connectivity index (χ0n) is 16.7. The second-order valence-electron chi connectivity index (χ2n) is 7.67. The van der Waals surface area contributed by atoms with Crippen molar-refractivity contribution in [1.82, 2.24) is 20.1 Å². The van der Waals surface area contributed by atoms with E-state index in [9.17, 15) is 4.79 Å². The van der Waals surface area contributed by atoms with Crippen LogP contribution in [0, 0.1) is 26.7 Å². The molecule has 28 heavy (non-hydrogen) atoms. The maximum absolute atomic E-state index is 12.5. The molecule has 1 aliphatic rings. The molecular weight excluding hydrogens is 370 g/mol. The van der Waals surface area contributed by atoms with Gasteiger partial charge in [-0.15, -0.1) is 0 Å². The van der Waals surface area contributed by atoms with Crippen LogP contribution in [0.3, 0.4) is 0 Å². The number of thiazole rings is 1. The third kappa shape index (κ3) is 4.04. The Morgan fingerprint density at radius 1 is 1.21 bits per heavy atom. The highest BCUT2D eigenvalue weighted by molar-refractivity contribution is 7.22. The summed E-state index contributed by atoms with van der Waals surface area (Å²) in [4.78, 5) is 19.6. The Kier molecular flexibility index (Phi) is 5.35. The first kappa shape index (κ1) is 18.9. The second kappa shape index (κ2) is 7.91. The maximum atomic E-state index is 12.5. The van der Waals surface area contributed by atoms with Crippen molar-refractivity contribution in [1.29, 1.82) is 0 Å². The Balaban J connectivity index is 1.28. The fourth-order valence-electron chi connectivity index (χ4n) is 3.82. The minimum atomic E-state index is 0.0910. The SMILES string of the molecule is Cc1ccc2nc(N3CCC(C(=O)NCCn4nc(C)cc4C)CC3)sc2c1. The van der Waals surface area contributed by atoms with Gasteiger partial charge in [-0.3, -0.25) is 9.48 Å². The fraction of sp³-hybridized carbons (Fsp3) is 0.476. The molecule has 0 spiro atoms. The van der Waals surface area contributed by atoms with E-state index < -0.39 is 0 Å². The molecule has 0 radical (unpaired) electrons.